The van der Waals surface area contributed by atoms with Gasteiger partial charge in [-0.3, -0.25) is 9.36 Å². The van der Waals surface area contributed by atoms with E-state index in [4.69, 9.17) is 14.2 Å². The number of carbonyl (C=O) groups excluding carboxylic acids is 1. The molecule has 0 saturated heterocycles. The van der Waals surface area contributed by atoms with Gasteiger partial charge in [-0.15, -0.1) is 0 Å². The predicted octanol–water partition coefficient (Wildman–Crippen LogP) is 3.28. The fourth-order valence-corrected chi connectivity index (χ4v) is 5.35. The zero-order valence-corrected chi connectivity index (χ0v) is 21.9. The Bertz CT molecular complexity index is 1500. The van der Waals surface area contributed by atoms with Crippen LogP contribution in [0.1, 0.15) is 31.0 Å². The summed E-state index contributed by atoms with van der Waals surface area (Å²) in [6.07, 6.45) is 1.70. The first-order valence-corrected chi connectivity index (χ1v) is 12.3. The topological polar surface area (TPSA) is 99.4 Å². The minimum Gasteiger partial charge on any atom is -0.504 e. The smallest absolute Gasteiger partial charge is 0.338 e. The first-order chi connectivity index (χ1) is 16.8. The van der Waals surface area contributed by atoms with Crippen molar-refractivity contribution >= 4 is 39.3 Å². The highest BCUT2D eigenvalue weighted by atomic mass is 79.9. The van der Waals surface area contributed by atoms with Gasteiger partial charge in [-0.2, -0.15) is 0 Å². The molecule has 1 aromatic heterocycles. The van der Waals surface area contributed by atoms with Crippen molar-refractivity contribution in [1.29, 1.82) is 0 Å². The normalized spacial score (nSPS) is 15.5. The Hall–Kier alpha value is -3.37. The number of aromatic nitrogens is 1. The van der Waals surface area contributed by atoms with Crippen molar-refractivity contribution in [1.82, 2.24) is 4.57 Å². The number of hydrogen-bond acceptors (Lipinski definition) is 8. The van der Waals surface area contributed by atoms with Crippen molar-refractivity contribution in [3.8, 4) is 17.2 Å². The number of rotatable bonds is 6. The van der Waals surface area contributed by atoms with Crippen LogP contribution in [0.4, 0.5) is 0 Å². The van der Waals surface area contributed by atoms with E-state index in [0.29, 0.717) is 36.4 Å². The molecule has 1 aliphatic heterocycles. The van der Waals surface area contributed by atoms with Crippen molar-refractivity contribution in [3.63, 3.8) is 0 Å². The molecule has 1 atom stereocenters. The number of allylic oxidation sites excluding steroid dienone is 1. The summed E-state index contributed by atoms with van der Waals surface area (Å²) in [5.41, 5.74) is 1.87. The minimum atomic E-state index is -0.712. The second-order valence-corrected chi connectivity index (χ2v) is 9.48. The van der Waals surface area contributed by atoms with E-state index in [2.05, 4.69) is 20.9 Å². The SMILES string of the molecule is CCOC(=O)C1=C(C)N=c2sc(=Cc3cc(OC)c(O)cc3Br)c(=O)n2[C@H]1c1ccc(OC)cc1. The number of carbonyl (C=O) groups is 1. The Morgan fingerprint density at radius 2 is 1.94 bits per heavy atom. The number of methoxy groups -OCH3 is 2. The van der Waals surface area contributed by atoms with Gasteiger partial charge in [0.2, 0.25) is 0 Å². The van der Waals surface area contributed by atoms with Crippen molar-refractivity contribution in [2.75, 3.05) is 20.8 Å². The molecule has 4 rings (SSSR count). The maximum atomic E-state index is 13.7. The van der Waals surface area contributed by atoms with Crippen LogP contribution in [0.3, 0.4) is 0 Å². The zero-order valence-electron chi connectivity index (χ0n) is 19.5. The first-order valence-electron chi connectivity index (χ1n) is 10.7. The van der Waals surface area contributed by atoms with E-state index in [1.54, 1.807) is 45.2 Å². The van der Waals surface area contributed by atoms with Crippen LogP contribution in [0.25, 0.3) is 6.08 Å². The number of fused-ring (bicyclic) bond motifs is 1. The summed E-state index contributed by atoms with van der Waals surface area (Å²) in [4.78, 5) is 31.7. The van der Waals surface area contributed by atoms with Gasteiger partial charge in [-0.25, -0.2) is 9.79 Å². The van der Waals surface area contributed by atoms with Crippen LogP contribution in [0.15, 0.2) is 61.9 Å². The van der Waals surface area contributed by atoms with Gasteiger partial charge in [0, 0.05) is 4.47 Å². The summed E-state index contributed by atoms with van der Waals surface area (Å²) < 4.78 is 18.3. The molecule has 0 amide bonds. The van der Waals surface area contributed by atoms with Gasteiger partial charge in [-0.05, 0) is 55.3 Å². The molecule has 182 valence electrons. The summed E-state index contributed by atoms with van der Waals surface area (Å²) in [5.74, 6) is 0.400. The van der Waals surface area contributed by atoms with Crippen molar-refractivity contribution in [2.24, 2.45) is 4.99 Å². The average molecular weight is 559 g/mol. The lowest BCUT2D eigenvalue weighted by Gasteiger charge is -2.24. The Balaban J connectivity index is 1.95. The maximum Gasteiger partial charge on any atom is 0.338 e. The molecule has 3 aromatic rings. The second kappa shape index (κ2) is 10.1. The fraction of sp³-hybridized carbons (Fsp3) is 0.240. The first kappa shape index (κ1) is 24.7. The molecule has 2 aromatic carbocycles. The monoisotopic (exact) mass is 558 g/mol. The van der Waals surface area contributed by atoms with Gasteiger partial charge < -0.3 is 19.3 Å². The minimum absolute atomic E-state index is 0.0211. The average Bonchev–Trinajstić information content (AvgIpc) is 3.14. The van der Waals surface area contributed by atoms with Crippen LogP contribution in [0, 0.1) is 0 Å². The molecule has 0 aliphatic carbocycles. The second-order valence-electron chi connectivity index (χ2n) is 7.62. The lowest BCUT2D eigenvalue weighted by atomic mass is 9.96. The van der Waals surface area contributed by atoms with E-state index in [9.17, 15) is 14.7 Å². The molecule has 35 heavy (non-hydrogen) atoms. The van der Waals surface area contributed by atoms with Crippen LogP contribution < -0.4 is 24.4 Å². The van der Waals surface area contributed by atoms with E-state index >= 15 is 0 Å². The number of esters is 1. The molecule has 8 nitrogen and oxygen atoms in total. The quantitative estimate of drug-likeness (QED) is 0.466. The molecule has 0 unspecified atom stereocenters. The van der Waals surface area contributed by atoms with Crippen LogP contribution in [0.2, 0.25) is 0 Å². The number of phenols is 1. The Kier molecular flexibility index (Phi) is 7.13. The number of benzene rings is 2. The van der Waals surface area contributed by atoms with Crippen molar-refractivity contribution in [3.05, 3.63) is 83.0 Å². The third-order valence-corrected chi connectivity index (χ3v) is 7.20. The Morgan fingerprint density at radius 1 is 1.23 bits per heavy atom. The van der Waals surface area contributed by atoms with Gasteiger partial charge in [0.1, 0.15) is 5.75 Å². The summed E-state index contributed by atoms with van der Waals surface area (Å²) in [7, 11) is 3.03. The number of hydrogen-bond donors (Lipinski definition) is 1. The summed E-state index contributed by atoms with van der Waals surface area (Å²) in [5, 5.41) is 10.0. The van der Waals surface area contributed by atoms with E-state index in [1.807, 2.05) is 12.1 Å². The Morgan fingerprint density at radius 3 is 2.57 bits per heavy atom. The molecular weight excluding hydrogens is 536 g/mol. The van der Waals surface area contributed by atoms with E-state index in [1.165, 1.54) is 29.1 Å². The number of halogens is 1. The molecule has 0 radical (unpaired) electrons. The van der Waals surface area contributed by atoms with Gasteiger partial charge in [0.05, 0.1) is 42.7 Å². The van der Waals surface area contributed by atoms with E-state index in [0.717, 1.165) is 5.56 Å². The fourth-order valence-electron chi connectivity index (χ4n) is 3.87. The largest absolute Gasteiger partial charge is 0.504 e. The Labute approximate surface area is 213 Å². The van der Waals surface area contributed by atoms with Gasteiger partial charge in [-0.1, -0.05) is 39.4 Å². The standard InChI is InChI=1S/C25H23BrN2O6S/c1-5-34-24(31)21-13(2)27-25-28(22(21)14-6-8-16(32-3)9-7-14)23(30)20(35-25)11-15-10-19(33-4)18(29)12-17(15)26/h6-12,22,29H,5H2,1-4H3/t22-/m0/s1. The molecule has 2 heterocycles. The molecule has 0 bridgehead atoms. The van der Waals surface area contributed by atoms with E-state index < -0.39 is 12.0 Å². The molecule has 0 spiro atoms. The number of aromatic hydroxyl groups is 1. The maximum absolute atomic E-state index is 13.7. The van der Waals surface area contributed by atoms with Gasteiger partial charge in [0.15, 0.2) is 16.3 Å². The number of thiazole rings is 1. The number of nitrogens with zero attached hydrogens (tertiary/aromatic N) is 2. The van der Waals surface area contributed by atoms with Crippen molar-refractivity contribution in [2.45, 2.75) is 19.9 Å². The van der Waals surface area contributed by atoms with Crippen LogP contribution in [0.5, 0.6) is 17.2 Å². The van der Waals surface area contributed by atoms with Crippen LogP contribution >= 0.6 is 27.3 Å². The highest BCUT2D eigenvalue weighted by Gasteiger charge is 2.33. The number of phenolic OH excluding ortho intramolecular Hbond substituents is 1. The summed E-state index contributed by atoms with van der Waals surface area (Å²) in [6.45, 7) is 3.67. The lowest BCUT2D eigenvalue weighted by molar-refractivity contribution is -0.139. The predicted molar refractivity (Wildman–Crippen MR) is 136 cm³/mol. The lowest BCUT2D eigenvalue weighted by Crippen LogP contribution is -2.39. The molecular formula is C25H23BrN2O6S. The number of ether oxygens (including phenoxy) is 3. The van der Waals surface area contributed by atoms with Crippen LogP contribution in [-0.4, -0.2) is 36.5 Å². The van der Waals surface area contributed by atoms with Crippen molar-refractivity contribution < 1.29 is 24.1 Å². The molecule has 0 saturated carbocycles. The third-order valence-electron chi connectivity index (χ3n) is 5.53. The molecule has 1 aliphatic rings. The van der Waals surface area contributed by atoms with Crippen LogP contribution in [-0.2, 0) is 9.53 Å². The highest BCUT2D eigenvalue weighted by molar-refractivity contribution is 9.10. The summed E-state index contributed by atoms with van der Waals surface area (Å²) in [6, 6.07) is 9.63. The van der Waals surface area contributed by atoms with E-state index in [-0.39, 0.29) is 23.7 Å². The molecule has 10 heteroatoms. The van der Waals surface area contributed by atoms with Gasteiger partial charge in [0.25, 0.3) is 5.56 Å². The third kappa shape index (κ3) is 4.63. The van der Waals surface area contributed by atoms with Gasteiger partial charge >= 0.3 is 5.97 Å². The highest BCUT2D eigenvalue weighted by Crippen LogP contribution is 2.33. The molecule has 0 fully saturated rings. The zero-order chi connectivity index (χ0) is 25.3. The molecule has 1 N–H and O–H groups in total. The summed E-state index contributed by atoms with van der Waals surface area (Å²) >= 11 is 4.64.